The predicted molar refractivity (Wildman–Crippen MR) is 82.0 cm³/mol. The lowest BCUT2D eigenvalue weighted by Crippen LogP contribution is -2.48. The Morgan fingerprint density at radius 2 is 1.90 bits per heavy atom. The zero-order chi connectivity index (χ0) is 15.2. The van der Waals surface area contributed by atoms with Crippen molar-refractivity contribution in [3.05, 3.63) is 24.0 Å². The van der Waals surface area contributed by atoms with E-state index in [1.165, 1.54) is 0 Å². The summed E-state index contributed by atoms with van der Waals surface area (Å²) in [5.74, 6) is 0.721. The minimum Gasteiger partial charge on any atom is -0.492 e. The molecule has 0 saturated heterocycles. The first-order valence-corrected chi connectivity index (χ1v) is 7.48. The molecule has 0 spiro atoms. The summed E-state index contributed by atoms with van der Waals surface area (Å²) in [4.78, 5) is 6.43. The average molecular weight is 280 g/mol. The molecule has 0 aromatic carbocycles. The number of likely N-dealkylation sites (N-methyl/N-ethyl adjacent to an activating group) is 1. The first-order valence-electron chi connectivity index (χ1n) is 7.48. The maximum absolute atomic E-state index is 10.7. The van der Waals surface area contributed by atoms with Crippen molar-refractivity contribution in [2.45, 2.75) is 52.7 Å². The van der Waals surface area contributed by atoms with Crippen molar-refractivity contribution in [1.82, 2.24) is 9.88 Å². The molecule has 0 aliphatic carbocycles. The van der Waals surface area contributed by atoms with E-state index in [0.29, 0.717) is 6.61 Å². The van der Waals surface area contributed by atoms with Gasteiger partial charge in [-0.05, 0) is 39.4 Å². The monoisotopic (exact) mass is 280 g/mol. The van der Waals surface area contributed by atoms with Gasteiger partial charge in [0.2, 0.25) is 0 Å². The third-order valence-corrected chi connectivity index (χ3v) is 3.77. The van der Waals surface area contributed by atoms with E-state index in [1.807, 2.05) is 6.07 Å². The second-order valence-corrected chi connectivity index (χ2v) is 5.53. The van der Waals surface area contributed by atoms with Crippen LogP contribution in [0.3, 0.4) is 0 Å². The zero-order valence-electron chi connectivity index (χ0n) is 13.4. The first-order chi connectivity index (χ1) is 9.47. The minimum absolute atomic E-state index is 0.339. The Bertz CT molecular complexity index is 403. The largest absolute Gasteiger partial charge is 0.492 e. The van der Waals surface area contributed by atoms with Gasteiger partial charge in [0.25, 0.3) is 0 Å². The van der Waals surface area contributed by atoms with Gasteiger partial charge in [-0.25, -0.2) is 0 Å². The highest BCUT2D eigenvalue weighted by Gasteiger charge is 2.34. The Labute approximate surface area is 122 Å². The van der Waals surface area contributed by atoms with Crippen LogP contribution in [0, 0.1) is 0 Å². The fourth-order valence-electron chi connectivity index (χ4n) is 2.50. The molecule has 1 heterocycles. The summed E-state index contributed by atoms with van der Waals surface area (Å²) in [6.07, 6.45) is 3.77. The Hall–Kier alpha value is -1.13. The van der Waals surface area contributed by atoms with Gasteiger partial charge in [0.1, 0.15) is 5.75 Å². The summed E-state index contributed by atoms with van der Waals surface area (Å²) in [7, 11) is 0. The third-order valence-electron chi connectivity index (χ3n) is 3.77. The standard InChI is InChI=1S/C16H28N2O2/c1-6-9-20-14-10-13(11-17-12-14)15(19)16(4,5)18(7-2)8-3/h10-12,15,19H,6-9H2,1-5H3. The molecule has 1 N–H and O–H groups in total. The van der Waals surface area contributed by atoms with Crippen molar-refractivity contribution in [3.8, 4) is 5.75 Å². The van der Waals surface area contributed by atoms with Crippen molar-refractivity contribution in [1.29, 1.82) is 0 Å². The molecule has 4 nitrogen and oxygen atoms in total. The Morgan fingerprint density at radius 1 is 1.25 bits per heavy atom. The van der Waals surface area contributed by atoms with Crippen LogP contribution in [0.4, 0.5) is 0 Å². The summed E-state index contributed by atoms with van der Waals surface area (Å²) < 4.78 is 5.58. The quantitative estimate of drug-likeness (QED) is 0.795. The predicted octanol–water partition coefficient (Wildman–Crippen LogP) is 3.02. The highest BCUT2D eigenvalue weighted by Crippen LogP contribution is 2.31. The van der Waals surface area contributed by atoms with E-state index in [-0.39, 0.29) is 5.54 Å². The van der Waals surface area contributed by atoms with Crippen LogP contribution in [0.2, 0.25) is 0 Å². The molecule has 0 aliphatic heterocycles. The van der Waals surface area contributed by atoms with Crippen LogP contribution in [0.15, 0.2) is 18.5 Å². The maximum Gasteiger partial charge on any atom is 0.137 e. The second-order valence-electron chi connectivity index (χ2n) is 5.53. The van der Waals surface area contributed by atoms with Gasteiger partial charge in [-0.3, -0.25) is 9.88 Å². The minimum atomic E-state index is -0.597. The average Bonchev–Trinajstić information content (AvgIpc) is 2.45. The normalized spacial score (nSPS) is 13.6. The van der Waals surface area contributed by atoms with E-state index < -0.39 is 6.10 Å². The topological polar surface area (TPSA) is 45.6 Å². The highest BCUT2D eigenvalue weighted by molar-refractivity contribution is 5.27. The molecule has 0 radical (unpaired) electrons. The lowest BCUT2D eigenvalue weighted by Gasteiger charge is -2.41. The van der Waals surface area contributed by atoms with Gasteiger partial charge in [0.05, 0.1) is 18.9 Å². The molecule has 1 rings (SSSR count). The summed E-state index contributed by atoms with van der Waals surface area (Å²) in [5, 5.41) is 10.7. The third kappa shape index (κ3) is 3.93. The number of hydrogen-bond donors (Lipinski definition) is 1. The van der Waals surface area contributed by atoms with Gasteiger partial charge in [0, 0.05) is 17.3 Å². The number of rotatable bonds is 8. The van der Waals surface area contributed by atoms with Crippen molar-refractivity contribution in [2.24, 2.45) is 0 Å². The van der Waals surface area contributed by atoms with Crippen LogP contribution in [0.5, 0.6) is 5.75 Å². The van der Waals surface area contributed by atoms with Gasteiger partial charge in [-0.2, -0.15) is 0 Å². The van der Waals surface area contributed by atoms with Crippen LogP contribution >= 0.6 is 0 Å². The fourth-order valence-corrected chi connectivity index (χ4v) is 2.50. The number of ether oxygens (including phenoxy) is 1. The van der Waals surface area contributed by atoms with Crippen LogP contribution < -0.4 is 4.74 Å². The van der Waals surface area contributed by atoms with Crippen molar-refractivity contribution < 1.29 is 9.84 Å². The molecular formula is C16H28N2O2. The molecule has 0 bridgehead atoms. The number of hydrogen-bond acceptors (Lipinski definition) is 4. The van der Waals surface area contributed by atoms with E-state index in [9.17, 15) is 5.11 Å². The number of aromatic nitrogens is 1. The molecule has 1 aromatic heterocycles. The summed E-state index contributed by atoms with van der Waals surface area (Å²) in [5.41, 5.74) is 0.463. The molecule has 0 amide bonds. The number of pyridine rings is 1. The van der Waals surface area contributed by atoms with Crippen LogP contribution in [-0.4, -0.2) is 40.2 Å². The van der Waals surface area contributed by atoms with Crippen LogP contribution in [0.25, 0.3) is 0 Å². The Morgan fingerprint density at radius 3 is 2.45 bits per heavy atom. The number of aliphatic hydroxyl groups is 1. The fraction of sp³-hybridized carbons (Fsp3) is 0.688. The van der Waals surface area contributed by atoms with Gasteiger partial charge in [-0.1, -0.05) is 20.8 Å². The highest BCUT2D eigenvalue weighted by atomic mass is 16.5. The first kappa shape index (κ1) is 16.9. The van der Waals surface area contributed by atoms with E-state index in [2.05, 4.69) is 44.5 Å². The number of nitrogens with zero attached hydrogens (tertiary/aromatic N) is 2. The Balaban J connectivity index is 2.92. The van der Waals surface area contributed by atoms with E-state index in [1.54, 1.807) is 12.4 Å². The second kappa shape index (κ2) is 7.60. The zero-order valence-corrected chi connectivity index (χ0v) is 13.4. The van der Waals surface area contributed by atoms with Crippen molar-refractivity contribution in [3.63, 3.8) is 0 Å². The van der Waals surface area contributed by atoms with Crippen molar-refractivity contribution >= 4 is 0 Å². The summed E-state index contributed by atoms with van der Waals surface area (Å²) in [6.45, 7) is 12.9. The molecule has 1 aromatic rings. The Kier molecular flexibility index (Phi) is 6.43. The molecule has 1 atom stereocenters. The summed E-state index contributed by atoms with van der Waals surface area (Å²) >= 11 is 0. The molecule has 0 fully saturated rings. The SMILES string of the molecule is CCCOc1cncc(C(O)C(C)(C)N(CC)CC)c1. The van der Waals surface area contributed by atoms with E-state index >= 15 is 0 Å². The van der Waals surface area contributed by atoms with Crippen molar-refractivity contribution in [2.75, 3.05) is 19.7 Å². The van der Waals surface area contributed by atoms with E-state index in [4.69, 9.17) is 4.74 Å². The molecule has 20 heavy (non-hydrogen) atoms. The van der Waals surface area contributed by atoms with Gasteiger partial charge in [-0.15, -0.1) is 0 Å². The van der Waals surface area contributed by atoms with Gasteiger partial charge < -0.3 is 9.84 Å². The molecule has 114 valence electrons. The van der Waals surface area contributed by atoms with E-state index in [0.717, 1.165) is 30.8 Å². The summed E-state index contributed by atoms with van der Waals surface area (Å²) in [6, 6.07) is 1.89. The lowest BCUT2D eigenvalue weighted by molar-refractivity contribution is -0.00656. The molecule has 0 saturated carbocycles. The lowest BCUT2D eigenvalue weighted by atomic mass is 9.90. The van der Waals surface area contributed by atoms with Gasteiger partial charge in [0.15, 0.2) is 0 Å². The maximum atomic E-state index is 10.7. The molecular weight excluding hydrogens is 252 g/mol. The smallest absolute Gasteiger partial charge is 0.137 e. The van der Waals surface area contributed by atoms with Crippen LogP contribution in [0.1, 0.15) is 52.7 Å². The molecule has 1 unspecified atom stereocenters. The molecule has 0 aliphatic rings. The van der Waals surface area contributed by atoms with Gasteiger partial charge >= 0.3 is 0 Å². The van der Waals surface area contributed by atoms with Crippen LogP contribution in [-0.2, 0) is 0 Å². The number of aliphatic hydroxyl groups excluding tert-OH is 1. The molecule has 4 heteroatoms.